The molecule has 2 aromatic rings. The van der Waals surface area contributed by atoms with E-state index in [4.69, 9.17) is 4.74 Å². The van der Waals surface area contributed by atoms with Gasteiger partial charge in [-0.3, -0.25) is 20.2 Å². The summed E-state index contributed by atoms with van der Waals surface area (Å²) in [6.07, 6.45) is 0.0134. The van der Waals surface area contributed by atoms with Crippen molar-refractivity contribution >= 4 is 17.8 Å². The molecule has 0 aliphatic carbocycles. The van der Waals surface area contributed by atoms with Gasteiger partial charge < -0.3 is 4.74 Å². The number of guanidine groups is 1. The molecule has 6 nitrogen and oxygen atoms in total. The minimum absolute atomic E-state index is 0.00248. The summed E-state index contributed by atoms with van der Waals surface area (Å²) >= 11 is 0. The van der Waals surface area contributed by atoms with Crippen molar-refractivity contribution in [2.45, 2.75) is 12.5 Å². The Labute approximate surface area is 143 Å². The van der Waals surface area contributed by atoms with Gasteiger partial charge in [-0.05, 0) is 24.3 Å². The summed E-state index contributed by atoms with van der Waals surface area (Å²) in [5.74, 6) is -0.704. The van der Waals surface area contributed by atoms with Gasteiger partial charge in [-0.25, -0.2) is 9.38 Å². The second-order valence-corrected chi connectivity index (χ2v) is 5.45. The maximum Gasteiger partial charge on any atom is 0.258 e. The number of ether oxygens (including phenoxy) is 1. The number of methoxy groups -OCH3 is 1. The van der Waals surface area contributed by atoms with E-state index in [-0.39, 0.29) is 18.3 Å². The van der Waals surface area contributed by atoms with E-state index < -0.39 is 17.8 Å². The lowest BCUT2D eigenvalue weighted by Crippen LogP contribution is -2.47. The lowest BCUT2D eigenvalue weighted by atomic mass is 10.0. The van der Waals surface area contributed by atoms with Crippen LogP contribution in [-0.4, -0.2) is 24.9 Å². The van der Waals surface area contributed by atoms with Crippen molar-refractivity contribution in [1.82, 2.24) is 10.6 Å². The fourth-order valence-corrected chi connectivity index (χ4v) is 2.52. The molecule has 2 N–H and O–H groups in total. The quantitative estimate of drug-likeness (QED) is 0.898. The number of benzene rings is 2. The Morgan fingerprint density at radius 1 is 1.28 bits per heavy atom. The van der Waals surface area contributed by atoms with E-state index >= 15 is 0 Å². The van der Waals surface area contributed by atoms with Crippen LogP contribution in [0.2, 0.25) is 0 Å². The first-order valence-corrected chi connectivity index (χ1v) is 7.64. The Bertz CT molecular complexity index is 851. The van der Waals surface area contributed by atoms with Crippen LogP contribution in [0.25, 0.3) is 0 Å². The highest BCUT2D eigenvalue weighted by Gasteiger charge is 2.25. The largest absolute Gasteiger partial charge is 0.497 e. The predicted octanol–water partition coefficient (Wildman–Crippen LogP) is 2.18. The van der Waals surface area contributed by atoms with Crippen LogP contribution in [0, 0.1) is 5.82 Å². The van der Waals surface area contributed by atoms with Gasteiger partial charge in [0, 0.05) is 11.1 Å². The summed E-state index contributed by atoms with van der Waals surface area (Å²) in [5, 5.41) is 5.03. The number of hydrogen-bond donors (Lipinski definition) is 2. The van der Waals surface area contributed by atoms with Crippen LogP contribution in [0.1, 0.15) is 28.4 Å². The Morgan fingerprint density at radius 3 is 2.84 bits per heavy atom. The molecular formula is C18H16FN3O3. The zero-order valence-electron chi connectivity index (χ0n) is 13.5. The van der Waals surface area contributed by atoms with Crippen molar-refractivity contribution in [2.24, 2.45) is 4.99 Å². The average molecular weight is 341 g/mol. The van der Waals surface area contributed by atoms with Crippen LogP contribution in [-0.2, 0) is 4.79 Å². The third-order valence-electron chi connectivity index (χ3n) is 3.75. The van der Waals surface area contributed by atoms with Crippen LogP contribution in [0.5, 0.6) is 5.75 Å². The molecule has 2 aromatic carbocycles. The topological polar surface area (TPSA) is 79.8 Å². The number of rotatable bonds is 3. The number of nitrogens with one attached hydrogen (secondary N) is 2. The van der Waals surface area contributed by atoms with E-state index in [1.165, 1.54) is 13.2 Å². The Balaban J connectivity index is 1.82. The number of carbonyl (C=O) groups is 2. The van der Waals surface area contributed by atoms with E-state index in [1.54, 1.807) is 42.5 Å². The minimum Gasteiger partial charge on any atom is -0.497 e. The van der Waals surface area contributed by atoms with E-state index in [9.17, 15) is 14.0 Å². The average Bonchev–Trinajstić information content (AvgIpc) is 2.61. The molecule has 1 heterocycles. The molecule has 2 amide bonds. The van der Waals surface area contributed by atoms with Gasteiger partial charge in [0.1, 0.15) is 11.6 Å². The van der Waals surface area contributed by atoms with Crippen molar-refractivity contribution in [1.29, 1.82) is 0 Å². The van der Waals surface area contributed by atoms with E-state index in [0.717, 1.165) is 0 Å². The molecule has 0 saturated carbocycles. The van der Waals surface area contributed by atoms with Gasteiger partial charge in [0.15, 0.2) is 0 Å². The van der Waals surface area contributed by atoms with E-state index in [2.05, 4.69) is 15.6 Å². The minimum atomic E-state index is -0.685. The molecule has 0 spiro atoms. The lowest BCUT2D eigenvalue weighted by Gasteiger charge is -2.21. The fourth-order valence-electron chi connectivity index (χ4n) is 2.52. The molecule has 1 aliphatic heterocycles. The highest BCUT2D eigenvalue weighted by atomic mass is 19.1. The second kappa shape index (κ2) is 7.12. The zero-order valence-corrected chi connectivity index (χ0v) is 13.5. The molecule has 0 fully saturated rings. The standard InChI is InChI=1S/C18H16FN3O3/c1-25-12-6-4-5-11(9-12)17(24)22-18-20-15(10-16(23)21-18)13-7-2-3-8-14(13)19/h2-9,15H,10H2,1H3,(H2,20,21,22,23,24)/t15-/m0/s1. The molecule has 7 heteroatoms. The predicted molar refractivity (Wildman–Crippen MR) is 89.8 cm³/mol. The van der Waals surface area contributed by atoms with Crippen molar-refractivity contribution in [2.75, 3.05) is 7.11 Å². The number of amides is 2. The van der Waals surface area contributed by atoms with E-state index in [1.807, 2.05) is 0 Å². The first kappa shape index (κ1) is 16.6. The highest BCUT2D eigenvalue weighted by Crippen LogP contribution is 2.25. The Kier molecular flexibility index (Phi) is 4.74. The summed E-state index contributed by atoms with van der Waals surface area (Å²) in [7, 11) is 1.50. The summed E-state index contributed by atoms with van der Waals surface area (Å²) in [6, 6.07) is 12.0. The molecule has 128 valence electrons. The van der Waals surface area contributed by atoms with Gasteiger partial charge in [0.05, 0.1) is 19.6 Å². The molecule has 1 aliphatic rings. The maximum absolute atomic E-state index is 13.9. The fraction of sp³-hybridized carbons (Fsp3) is 0.167. The zero-order chi connectivity index (χ0) is 17.8. The van der Waals surface area contributed by atoms with Crippen LogP contribution in [0.4, 0.5) is 4.39 Å². The number of carbonyl (C=O) groups excluding carboxylic acids is 2. The molecule has 0 saturated heterocycles. The molecule has 3 rings (SSSR count). The van der Waals surface area contributed by atoms with Crippen LogP contribution < -0.4 is 15.4 Å². The van der Waals surface area contributed by atoms with Crippen LogP contribution >= 0.6 is 0 Å². The highest BCUT2D eigenvalue weighted by molar-refractivity contribution is 6.10. The first-order chi connectivity index (χ1) is 12.1. The lowest BCUT2D eigenvalue weighted by molar-refractivity contribution is -0.120. The summed E-state index contributed by atoms with van der Waals surface area (Å²) in [6.45, 7) is 0. The van der Waals surface area contributed by atoms with Gasteiger partial charge >= 0.3 is 0 Å². The van der Waals surface area contributed by atoms with Gasteiger partial charge in [-0.2, -0.15) is 0 Å². The van der Waals surface area contributed by atoms with Crippen LogP contribution in [0.3, 0.4) is 0 Å². The number of halogens is 1. The summed E-state index contributed by atoms with van der Waals surface area (Å²) in [5.41, 5.74) is 0.662. The monoisotopic (exact) mass is 341 g/mol. The van der Waals surface area contributed by atoms with Crippen molar-refractivity contribution in [3.8, 4) is 5.75 Å². The number of hydrogen-bond acceptors (Lipinski definition) is 4. The number of nitrogens with zero attached hydrogens (tertiary/aromatic N) is 1. The molecule has 0 unspecified atom stereocenters. The third kappa shape index (κ3) is 3.82. The second-order valence-electron chi connectivity index (χ2n) is 5.45. The molecule has 25 heavy (non-hydrogen) atoms. The van der Waals surface area contributed by atoms with Gasteiger partial charge in [0.2, 0.25) is 11.9 Å². The Hall–Kier alpha value is -3.22. The molecule has 0 aromatic heterocycles. The first-order valence-electron chi connectivity index (χ1n) is 7.64. The third-order valence-corrected chi connectivity index (χ3v) is 3.75. The normalized spacial score (nSPS) is 16.6. The van der Waals surface area contributed by atoms with Crippen molar-refractivity contribution in [3.05, 3.63) is 65.5 Å². The summed E-state index contributed by atoms with van der Waals surface area (Å²) < 4.78 is 19.0. The van der Waals surface area contributed by atoms with Gasteiger partial charge in [-0.1, -0.05) is 24.3 Å². The van der Waals surface area contributed by atoms with Gasteiger partial charge in [0.25, 0.3) is 5.91 Å². The van der Waals surface area contributed by atoms with Crippen molar-refractivity contribution in [3.63, 3.8) is 0 Å². The maximum atomic E-state index is 13.9. The van der Waals surface area contributed by atoms with E-state index in [0.29, 0.717) is 16.9 Å². The van der Waals surface area contributed by atoms with Crippen LogP contribution in [0.15, 0.2) is 53.5 Å². The molecule has 0 bridgehead atoms. The molecule has 0 radical (unpaired) electrons. The summed E-state index contributed by atoms with van der Waals surface area (Å²) in [4.78, 5) is 28.5. The molecule has 1 atom stereocenters. The van der Waals surface area contributed by atoms with Gasteiger partial charge in [-0.15, -0.1) is 0 Å². The Morgan fingerprint density at radius 2 is 2.08 bits per heavy atom. The SMILES string of the molecule is COc1cccc(C(=O)NC2=N[C@H](c3ccccc3F)CC(=O)N2)c1. The molecular weight excluding hydrogens is 325 g/mol. The smallest absolute Gasteiger partial charge is 0.258 e. The number of aliphatic imine (C=N–C) groups is 1. The van der Waals surface area contributed by atoms with Crippen molar-refractivity contribution < 1.29 is 18.7 Å².